The van der Waals surface area contributed by atoms with Gasteiger partial charge in [0.25, 0.3) is 0 Å². The number of aromatic nitrogens is 2. The van der Waals surface area contributed by atoms with E-state index in [4.69, 9.17) is 5.41 Å². The number of benzene rings is 1. The third-order valence-electron chi connectivity index (χ3n) is 2.44. The first-order valence-electron chi connectivity index (χ1n) is 5.01. The summed E-state index contributed by atoms with van der Waals surface area (Å²) in [6.07, 6.45) is 1.74. The molecule has 0 radical (unpaired) electrons. The van der Waals surface area contributed by atoms with Crippen LogP contribution in [-0.4, -0.2) is 9.55 Å². The summed E-state index contributed by atoms with van der Waals surface area (Å²) in [6.45, 7) is 6.21. The van der Waals surface area contributed by atoms with Crippen molar-refractivity contribution >= 4 is 10.9 Å². The van der Waals surface area contributed by atoms with Crippen molar-refractivity contribution in [2.75, 3.05) is 0 Å². The van der Waals surface area contributed by atoms with Crippen LogP contribution in [0, 0.1) is 5.41 Å². The summed E-state index contributed by atoms with van der Waals surface area (Å²) in [4.78, 5) is 4.35. The van der Waals surface area contributed by atoms with Crippen LogP contribution in [0.3, 0.4) is 0 Å². The van der Waals surface area contributed by atoms with Gasteiger partial charge in [0.2, 0.25) is 0 Å². The first-order chi connectivity index (χ1) is 7.00. The Labute approximate surface area is 88.9 Å². The highest BCUT2D eigenvalue weighted by Crippen LogP contribution is 2.12. The van der Waals surface area contributed by atoms with Crippen LogP contribution < -0.4 is 5.49 Å². The minimum absolute atomic E-state index is 0.103. The second-order valence-corrected chi connectivity index (χ2v) is 4.65. The van der Waals surface area contributed by atoms with Crippen molar-refractivity contribution in [3.8, 4) is 0 Å². The van der Waals surface area contributed by atoms with Crippen LogP contribution >= 0.6 is 0 Å². The predicted octanol–water partition coefficient (Wildman–Crippen LogP) is 2.27. The molecule has 1 N–H and O–H groups in total. The summed E-state index contributed by atoms with van der Waals surface area (Å²) in [6, 6.07) is 7.75. The molecule has 0 atom stereocenters. The second kappa shape index (κ2) is 3.19. The monoisotopic (exact) mass is 201 g/mol. The summed E-state index contributed by atoms with van der Waals surface area (Å²) >= 11 is 0. The molecule has 0 spiro atoms. The summed E-state index contributed by atoms with van der Waals surface area (Å²) in [5.74, 6) is 0. The van der Waals surface area contributed by atoms with Crippen molar-refractivity contribution in [1.82, 2.24) is 9.55 Å². The number of nitrogens with zero attached hydrogens (tertiary/aromatic N) is 2. The first kappa shape index (κ1) is 9.90. The highest BCUT2D eigenvalue weighted by Gasteiger charge is 2.13. The maximum absolute atomic E-state index is 8.12. The van der Waals surface area contributed by atoms with Gasteiger partial charge in [-0.3, -0.25) is 5.41 Å². The smallest absolute Gasteiger partial charge is 0.135 e. The molecule has 0 unspecified atom stereocenters. The van der Waals surface area contributed by atoms with Crippen LogP contribution in [0.25, 0.3) is 10.9 Å². The molecule has 78 valence electrons. The van der Waals surface area contributed by atoms with Gasteiger partial charge in [-0.2, -0.15) is 0 Å². The van der Waals surface area contributed by atoms with E-state index < -0.39 is 0 Å². The molecule has 0 saturated heterocycles. The standard InChI is InChI=1S/C12H15N3/c1-12(2,3)15-8-14-10-7-5-4-6-9(10)11(15)13/h4-8,13H,1-3H3. The minimum atomic E-state index is -0.103. The van der Waals surface area contributed by atoms with Crippen molar-refractivity contribution in [3.05, 3.63) is 36.1 Å². The van der Waals surface area contributed by atoms with Crippen LogP contribution in [0.5, 0.6) is 0 Å². The van der Waals surface area contributed by atoms with Gasteiger partial charge in [-0.25, -0.2) is 4.98 Å². The van der Waals surface area contributed by atoms with Crippen LogP contribution in [0.15, 0.2) is 30.6 Å². The highest BCUT2D eigenvalue weighted by molar-refractivity contribution is 5.76. The molecule has 1 aromatic heterocycles. The molecule has 0 saturated carbocycles. The zero-order valence-corrected chi connectivity index (χ0v) is 9.28. The molecule has 3 nitrogen and oxygen atoms in total. The normalized spacial score (nSPS) is 11.9. The highest BCUT2D eigenvalue weighted by atomic mass is 15.1. The molecule has 0 aliphatic carbocycles. The van der Waals surface area contributed by atoms with Gasteiger partial charge in [0, 0.05) is 10.9 Å². The number of fused-ring (bicyclic) bond motifs is 1. The van der Waals surface area contributed by atoms with Gasteiger partial charge in [-0.15, -0.1) is 0 Å². The van der Waals surface area contributed by atoms with Crippen molar-refractivity contribution in [2.45, 2.75) is 26.3 Å². The summed E-state index contributed by atoms with van der Waals surface area (Å²) in [7, 11) is 0. The van der Waals surface area contributed by atoms with E-state index in [1.807, 2.05) is 28.8 Å². The number of hydrogen-bond donors (Lipinski definition) is 1. The summed E-state index contributed by atoms with van der Waals surface area (Å²) in [5, 5.41) is 9.02. The fourth-order valence-electron chi connectivity index (χ4n) is 1.60. The summed E-state index contributed by atoms with van der Waals surface area (Å²) < 4.78 is 1.88. The second-order valence-electron chi connectivity index (χ2n) is 4.65. The van der Waals surface area contributed by atoms with Crippen LogP contribution in [0.1, 0.15) is 20.8 Å². The summed E-state index contributed by atoms with van der Waals surface area (Å²) in [5.41, 5.74) is 1.30. The molecule has 0 amide bonds. The van der Waals surface area contributed by atoms with E-state index in [9.17, 15) is 0 Å². The van der Waals surface area contributed by atoms with Gasteiger partial charge in [0.1, 0.15) is 5.49 Å². The lowest BCUT2D eigenvalue weighted by atomic mass is 10.1. The van der Waals surface area contributed by atoms with Crippen molar-refractivity contribution in [3.63, 3.8) is 0 Å². The Bertz CT molecular complexity index is 547. The van der Waals surface area contributed by atoms with E-state index in [0.29, 0.717) is 5.49 Å². The molecule has 2 rings (SSSR count). The number of hydrogen-bond acceptors (Lipinski definition) is 2. The molecule has 1 heterocycles. The Hall–Kier alpha value is -1.64. The molecular weight excluding hydrogens is 186 g/mol. The third kappa shape index (κ3) is 1.65. The number of rotatable bonds is 0. The van der Waals surface area contributed by atoms with Gasteiger partial charge in [0.15, 0.2) is 0 Å². The van der Waals surface area contributed by atoms with Gasteiger partial charge in [-0.1, -0.05) is 12.1 Å². The lowest BCUT2D eigenvalue weighted by molar-refractivity contribution is 0.376. The largest absolute Gasteiger partial charge is 0.312 e. The lowest BCUT2D eigenvalue weighted by Gasteiger charge is -2.23. The number of para-hydroxylation sites is 1. The van der Waals surface area contributed by atoms with Crippen LogP contribution in [-0.2, 0) is 5.54 Å². The maximum Gasteiger partial charge on any atom is 0.135 e. The van der Waals surface area contributed by atoms with Gasteiger partial charge in [0.05, 0.1) is 11.8 Å². The van der Waals surface area contributed by atoms with Crippen LogP contribution in [0.2, 0.25) is 0 Å². The first-order valence-corrected chi connectivity index (χ1v) is 5.01. The fourth-order valence-corrected chi connectivity index (χ4v) is 1.60. The number of nitrogens with one attached hydrogen (secondary N) is 1. The zero-order chi connectivity index (χ0) is 11.1. The van der Waals surface area contributed by atoms with E-state index in [1.54, 1.807) is 6.33 Å². The molecule has 15 heavy (non-hydrogen) atoms. The Morgan fingerprint density at radius 3 is 2.53 bits per heavy atom. The minimum Gasteiger partial charge on any atom is -0.312 e. The average molecular weight is 201 g/mol. The van der Waals surface area contributed by atoms with E-state index >= 15 is 0 Å². The van der Waals surface area contributed by atoms with E-state index in [-0.39, 0.29) is 5.54 Å². The van der Waals surface area contributed by atoms with Crippen molar-refractivity contribution < 1.29 is 0 Å². The third-order valence-corrected chi connectivity index (χ3v) is 2.44. The molecule has 2 aromatic rings. The van der Waals surface area contributed by atoms with E-state index in [0.717, 1.165) is 10.9 Å². The Kier molecular flexibility index (Phi) is 2.11. The molecule has 0 aliphatic rings. The maximum atomic E-state index is 8.12. The zero-order valence-electron chi connectivity index (χ0n) is 9.28. The SMILES string of the molecule is CC(C)(C)n1cnc2ccccc2c1=N. The van der Waals surface area contributed by atoms with Gasteiger partial charge >= 0.3 is 0 Å². The Balaban J connectivity index is 2.83. The Morgan fingerprint density at radius 1 is 1.20 bits per heavy atom. The topological polar surface area (TPSA) is 41.7 Å². The van der Waals surface area contributed by atoms with Gasteiger partial charge in [-0.05, 0) is 32.9 Å². The van der Waals surface area contributed by atoms with Crippen molar-refractivity contribution in [2.24, 2.45) is 0 Å². The van der Waals surface area contributed by atoms with E-state index in [2.05, 4.69) is 25.8 Å². The Morgan fingerprint density at radius 2 is 1.87 bits per heavy atom. The van der Waals surface area contributed by atoms with E-state index in [1.165, 1.54) is 0 Å². The molecule has 0 bridgehead atoms. The average Bonchev–Trinajstić information content (AvgIpc) is 2.16. The molecule has 1 aromatic carbocycles. The van der Waals surface area contributed by atoms with Gasteiger partial charge < -0.3 is 4.57 Å². The van der Waals surface area contributed by atoms with Crippen LogP contribution in [0.4, 0.5) is 0 Å². The molecular formula is C12H15N3. The van der Waals surface area contributed by atoms with Crippen molar-refractivity contribution in [1.29, 1.82) is 5.41 Å². The molecule has 0 fully saturated rings. The molecule has 3 heteroatoms. The molecule has 0 aliphatic heterocycles. The lowest BCUT2D eigenvalue weighted by Crippen LogP contribution is -2.33. The fraction of sp³-hybridized carbons (Fsp3) is 0.333. The quantitative estimate of drug-likeness (QED) is 0.698. The predicted molar refractivity (Wildman–Crippen MR) is 60.6 cm³/mol.